The fraction of sp³-hybridized carbons (Fsp3) is 0.429. The summed E-state index contributed by atoms with van der Waals surface area (Å²) in [4.78, 5) is 0. The van der Waals surface area contributed by atoms with Crippen LogP contribution in [-0.2, 0) is 5.54 Å². The smallest absolute Gasteiger partial charge is 0.162 e. The first-order valence-corrected chi connectivity index (χ1v) is 6.22. The van der Waals surface area contributed by atoms with Gasteiger partial charge in [0.25, 0.3) is 0 Å². The molecular formula is C14H18N4. The summed E-state index contributed by atoms with van der Waals surface area (Å²) in [6.07, 6.45) is 0. The van der Waals surface area contributed by atoms with Crippen LogP contribution in [0.15, 0.2) is 12.1 Å². The zero-order valence-electron chi connectivity index (χ0n) is 11.5. The lowest BCUT2D eigenvalue weighted by Crippen LogP contribution is -2.36. The first-order valence-electron chi connectivity index (χ1n) is 6.22. The second-order valence-electron chi connectivity index (χ2n) is 5.63. The van der Waals surface area contributed by atoms with Crippen molar-refractivity contribution in [2.75, 3.05) is 5.32 Å². The van der Waals surface area contributed by atoms with Gasteiger partial charge in [0.2, 0.25) is 0 Å². The van der Waals surface area contributed by atoms with E-state index in [4.69, 9.17) is 0 Å². The Balaban J connectivity index is 2.39. The molecule has 4 nitrogen and oxygen atoms in total. The van der Waals surface area contributed by atoms with Gasteiger partial charge in [0.05, 0.1) is 16.9 Å². The van der Waals surface area contributed by atoms with Crippen molar-refractivity contribution in [3.8, 4) is 5.69 Å². The third-order valence-corrected chi connectivity index (χ3v) is 3.50. The number of nitrogens with zero attached hydrogens (tertiary/aromatic N) is 3. The second-order valence-corrected chi connectivity index (χ2v) is 5.63. The topological polar surface area (TPSA) is 42.7 Å². The molecule has 0 unspecified atom stereocenters. The molecule has 1 aromatic heterocycles. The van der Waals surface area contributed by atoms with Gasteiger partial charge in [-0.2, -0.15) is 0 Å². The summed E-state index contributed by atoms with van der Waals surface area (Å²) in [6, 6.07) is 4.38. The quantitative estimate of drug-likeness (QED) is 0.772. The van der Waals surface area contributed by atoms with Crippen LogP contribution >= 0.6 is 0 Å². The first-order chi connectivity index (χ1) is 8.40. The van der Waals surface area contributed by atoms with Crippen LogP contribution in [0.25, 0.3) is 5.69 Å². The maximum absolute atomic E-state index is 4.32. The Kier molecular flexibility index (Phi) is 2.09. The molecule has 1 aromatic carbocycles. The Morgan fingerprint density at radius 2 is 1.83 bits per heavy atom. The van der Waals surface area contributed by atoms with E-state index in [1.54, 1.807) is 0 Å². The molecular weight excluding hydrogens is 224 g/mol. The third-order valence-electron chi connectivity index (χ3n) is 3.50. The minimum atomic E-state index is -0.200. The summed E-state index contributed by atoms with van der Waals surface area (Å²) in [7, 11) is 0. The van der Waals surface area contributed by atoms with Crippen molar-refractivity contribution in [2.45, 2.75) is 40.2 Å². The molecule has 94 valence electrons. The molecule has 1 aliphatic rings. The number of nitrogens with one attached hydrogen (secondary N) is 1. The van der Waals surface area contributed by atoms with E-state index in [0.717, 1.165) is 17.3 Å². The van der Waals surface area contributed by atoms with Crippen molar-refractivity contribution in [2.24, 2.45) is 0 Å². The van der Waals surface area contributed by atoms with Crippen LogP contribution in [0.4, 0.5) is 5.69 Å². The Morgan fingerprint density at radius 1 is 1.11 bits per heavy atom. The van der Waals surface area contributed by atoms with Gasteiger partial charge in [-0.15, -0.1) is 10.2 Å². The lowest BCUT2D eigenvalue weighted by Gasteiger charge is -2.34. The summed E-state index contributed by atoms with van der Waals surface area (Å²) in [5.74, 6) is 1.91. The number of rotatable bonds is 0. The minimum Gasteiger partial charge on any atom is -0.371 e. The van der Waals surface area contributed by atoms with Crippen LogP contribution < -0.4 is 5.32 Å². The SMILES string of the molecule is Cc1cc(C)c2c(c1)NC(C)(C)c1nnc(C)n1-2. The molecule has 0 aliphatic carbocycles. The van der Waals surface area contributed by atoms with E-state index >= 15 is 0 Å². The van der Waals surface area contributed by atoms with Gasteiger partial charge in [0.15, 0.2) is 5.82 Å². The van der Waals surface area contributed by atoms with Gasteiger partial charge in [-0.1, -0.05) is 6.07 Å². The predicted octanol–water partition coefficient (Wildman–Crippen LogP) is 2.85. The van der Waals surface area contributed by atoms with Crippen LogP contribution in [0.5, 0.6) is 0 Å². The second kappa shape index (κ2) is 3.34. The molecule has 0 bridgehead atoms. The van der Waals surface area contributed by atoms with Crippen molar-refractivity contribution in [1.82, 2.24) is 14.8 Å². The van der Waals surface area contributed by atoms with E-state index in [-0.39, 0.29) is 5.54 Å². The Morgan fingerprint density at radius 3 is 2.56 bits per heavy atom. The molecule has 0 saturated heterocycles. The Hall–Kier alpha value is -1.84. The normalized spacial score (nSPS) is 15.8. The van der Waals surface area contributed by atoms with Gasteiger partial charge >= 0.3 is 0 Å². The summed E-state index contributed by atoms with van der Waals surface area (Å²) < 4.78 is 2.17. The van der Waals surface area contributed by atoms with Crippen molar-refractivity contribution in [3.63, 3.8) is 0 Å². The molecule has 0 saturated carbocycles. The van der Waals surface area contributed by atoms with E-state index in [0.29, 0.717) is 0 Å². The zero-order chi connectivity index (χ0) is 13.1. The van der Waals surface area contributed by atoms with Crippen LogP contribution in [0, 0.1) is 20.8 Å². The average Bonchev–Trinajstić information content (AvgIpc) is 2.59. The van der Waals surface area contributed by atoms with Crippen LogP contribution in [0.2, 0.25) is 0 Å². The highest BCUT2D eigenvalue weighted by molar-refractivity contribution is 5.70. The monoisotopic (exact) mass is 242 g/mol. The molecule has 0 amide bonds. The van der Waals surface area contributed by atoms with Crippen molar-refractivity contribution in [3.05, 3.63) is 34.9 Å². The molecule has 0 radical (unpaired) electrons. The van der Waals surface area contributed by atoms with E-state index in [2.05, 4.69) is 59.9 Å². The number of aryl methyl sites for hydroxylation is 3. The van der Waals surface area contributed by atoms with Crippen molar-refractivity contribution in [1.29, 1.82) is 0 Å². The number of fused-ring (bicyclic) bond motifs is 3. The first kappa shape index (κ1) is 11.3. The van der Waals surface area contributed by atoms with Crippen molar-refractivity contribution < 1.29 is 0 Å². The van der Waals surface area contributed by atoms with Crippen LogP contribution in [-0.4, -0.2) is 14.8 Å². The highest BCUT2D eigenvalue weighted by Crippen LogP contribution is 2.38. The van der Waals surface area contributed by atoms with E-state index in [1.807, 2.05) is 6.92 Å². The molecule has 2 aromatic rings. The third kappa shape index (κ3) is 1.38. The van der Waals surface area contributed by atoms with Crippen LogP contribution in [0.1, 0.15) is 36.6 Å². The number of hydrogen-bond acceptors (Lipinski definition) is 3. The number of aromatic nitrogens is 3. The number of hydrogen-bond donors (Lipinski definition) is 1. The summed E-state index contributed by atoms with van der Waals surface area (Å²) >= 11 is 0. The van der Waals surface area contributed by atoms with Crippen molar-refractivity contribution >= 4 is 5.69 Å². The summed E-state index contributed by atoms with van der Waals surface area (Å²) in [5, 5.41) is 12.1. The predicted molar refractivity (Wildman–Crippen MR) is 72.2 cm³/mol. The van der Waals surface area contributed by atoms with Gasteiger partial charge in [-0.25, -0.2) is 0 Å². The molecule has 18 heavy (non-hydrogen) atoms. The summed E-state index contributed by atoms with van der Waals surface area (Å²) in [5.41, 5.74) is 4.65. The lowest BCUT2D eigenvalue weighted by atomic mass is 9.97. The Bertz CT molecular complexity index is 637. The largest absolute Gasteiger partial charge is 0.371 e. The molecule has 1 aliphatic heterocycles. The molecule has 0 fully saturated rings. The highest BCUT2D eigenvalue weighted by Gasteiger charge is 2.34. The van der Waals surface area contributed by atoms with E-state index < -0.39 is 0 Å². The molecule has 0 atom stereocenters. The van der Waals surface area contributed by atoms with Crippen LogP contribution in [0.3, 0.4) is 0 Å². The zero-order valence-corrected chi connectivity index (χ0v) is 11.5. The van der Waals surface area contributed by atoms with Gasteiger partial charge in [0, 0.05) is 0 Å². The molecule has 1 N–H and O–H groups in total. The van der Waals surface area contributed by atoms with Gasteiger partial charge in [-0.3, -0.25) is 4.57 Å². The summed E-state index contributed by atoms with van der Waals surface area (Å²) in [6.45, 7) is 10.5. The maximum Gasteiger partial charge on any atom is 0.162 e. The van der Waals surface area contributed by atoms with Gasteiger partial charge in [-0.05, 0) is 51.8 Å². The standard InChI is InChI=1S/C14H18N4/c1-8-6-9(2)12-11(7-8)15-14(4,5)13-17-16-10(3)18(12)13/h6-7,15H,1-5H3. The fourth-order valence-electron chi connectivity index (χ4n) is 2.78. The lowest BCUT2D eigenvalue weighted by molar-refractivity contribution is 0.534. The average molecular weight is 242 g/mol. The maximum atomic E-state index is 4.32. The fourth-order valence-corrected chi connectivity index (χ4v) is 2.78. The number of benzene rings is 1. The van der Waals surface area contributed by atoms with E-state index in [9.17, 15) is 0 Å². The molecule has 3 rings (SSSR count). The minimum absolute atomic E-state index is 0.200. The molecule has 2 heterocycles. The number of anilines is 1. The van der Waals surface area contributed by atoms with E-state index in [1.165, 1.54) is 16.8 Å². The highest BCUT2D eigenvalue weighted by atomic mass is 15.3. The van der Waals surface area contributed by atoms with Gasteiger partial charge < -0.3 is 5.32 Å². The van der Waals surface area contributed by atoms with Gasteiger partial charge in [0.1, 0.15) is 5.82 Å². The molecule has 4 heteroatoms. The Labute approximate surface area is 107 Å². The molecule has 0 spiro atoms.